The normalized spacial score (nSPS) is 11.5. The van der Waals surface area contributed by atoms with Gasteiger partial charge >= 0.3 is 6.09 Å². The molecule has 0 bridgehead atoms. The third-order valence-corrected chi connectivity index (χ3v) is 4.92. The van der Waals surface area contributed by atoms with Gasteiger partial charge in [0.05, 0.1) is 18.6 Å². The number of pyridine rings is 1. The lowest BCUT2D eigenvalue weighted by atomic mass is 9.96. The van der Waals surface area contributed by atoms with Gasteiger partial charge in [-0.25, -0.2) is 4.79 Å². The van der Waals surface area contributed by atoms with Crippen LogP contribution in [0.1, 0.15) is 60.3 Å². The van der Waals surface area contributed by atoms with Crippen molar-refractivity contribution in [2.75, 3.05) is 25.2 Å². The average molecular weight is 433 g/mol. The van der Waals surface area contributed by atoms with E-state index in [9.17, 15) is 14.7 Å². The molecule has 7 heteroatoms. The molecule has 0 atom stereocenters. The lowest BCUT2D eigenvalue weighted by molar-refractivity contribution is 0.202. The number of anilines is 1. The van der Waals surface area contributed by atoms with E-state index in [0.29, 0.717) is 42.0 Å². The molecule has 0 aliphatic carbocycles. The third kappa shape index (κ3) is 6.15. The number of fused-ring (bicyclic) bond motifs is 1. The summed E-state index contributed by atoms with van der Waals surface area (Å²) in [4.78, 5) is 26.5. The number of unbranched alkanes of at least 4 members (excludes halogenated alkanes) is 2. The first-order chi connectivity index (χ1) is 14.6. The Labute approximate surface area is 184 Å². The molecule has 1 N–H and O–H groups in total. The summed E-state index contributed by atoms with van der Waals surface area (Å²) in [5.74, 6) is 1.30. The Bertz CT molecular complexity index is 959. The van der Waals surface area contributed by atoms with E-state index < -0.39 is 6.09 Å². The van der Waals surface area contributed by atoms with E-state index in [4.69, 9.17) is 9.47 Å². The number of nitrogens with zero attached hydrogens (tertiary/aromatic N) is 2. The first-order valence-corrected chi connectivity index (χ1v) is 11.0. The zero-order valence-electron chi connectivity index (χ0n) is 19.7. The van der Waals surface area contributed by atoms with Crippen LogP contribution in [-0.2, 0) is 6.54 Å². The van der Waals surface area contributed by atoms with Gasteiger partial charge in [-0.1, -0.05) is 47.5 Å². The van der Waals surface area contributed by atoms with E-state index in [0.717, 1.165) is 30.6 Å². The Balaban J connectivity index is 2.78. The van der Waals surface area contributed by atoms with Crippen molar-refractivity contribution in [1.29, 1.82) is 0 Å². The minimum Gasteiger partial charge on any atom is -0.494 e. The average Bonchev–Trinajstić information content (AvgIpc) is 2.70. The van der Waals surface area contributed by atoms with Crippen LogP contribution < -0.4 is 19.9 Å². The molecule has 0 spiro atoms. The number of carbonyl (C=O) groups is 1. The highest BCUT2D eigenvalue weighted by atomic mass is 16.5. The fourth-order valence-corrected chi connectivity index (χ4v) is 3.31. The number of ether oxygens (including phenoxy) is 2. The van der Waals surface area contributed by atoms with E-state index in [1.54, 1.807) is 12.1 Å². The van der Waals surface area contributed by atoms with E-state index in [2.05, 4.69) is 13.8 Å². The molecule has 0 aliphatic rings. The number of amides is 1. The van der Waals surface area contributed by atoms with Crippen LogP contribution in [0, 0.1) is 5.41 Å². The van der Waals surface area contributed by atoms with Crippen molar-refractivity contribution >= 4 is 22.7 Å². The maximum absolute atomic E-state index is 13.6. The molecule has 0 aliphatic heterocycles. The van der Waals surface area contributed by atoms with Crippen molar-refractivity contribution in [3.63, 3.8) is 0 Å². The first-order valence-electron chi connectivity index (χ1n) is 11.0. The van der Waals surface area contributed by atoms with Crippen LogP contribution in [0.25, 0.3) is 10.8 Å². The van der Waals surface area contributed by atoms with Gasteiger partial charge < -0.3 is 14.6 Å². The topological polar surface area (TPSA) is 81.0 Å². The molecule has 1 amide bonds. The predicted octanol–water partition coefficient (Wildman–Crippen LogP) is 5.52. The molecule has 1 aromatic heterocycles. The molecular formula is C24H36N2O5. The SMILES string of the molecule is CCCCOc1ccc2c(OCCCC)c(N(C)C(=O)O)n(CC(C)(C)C)c(=O)c2c1. The lowest BCUT2D eigenvalue weighted by Gasteiger charge is -2.28. The molecule has 31 heavy (non-hydrogen) atoms. The molecule has 1 heterocycles. The second-order valence-electron chi connectivity index (χ2n) is 9.06. The largest absolute Gasteiger partial charge is 0.494 e. The number of benzene rings is 1. The van der Waals surface area contributed by atoms with Crippen molar-refractivity contribution in [3.8, 4) is 11.5 Å². The Morgan fingerprint density at radius 2 is 1.68 bits per heavy atom. The summed E-state index contributed by atoms with van der Waals surface area (Å²) in [6, 6.07) is 5.34. The number of rotatable bonds is 10. The zero-order chi connectivity index (χ0) is 23.2. The Kier molecular flexibility index (Phi) is 8.36. The molecule has 2 aromatic rings. The summed E-state index contributed by atoms with van der Waals surface area (Å²) in [6.07, 6.45) is 2.57. The summed E-state index contributed by atoms with van der Waals surface area (Å²) < 4.78 is 13.4. The monoisotopic (exact) mass is 432 g/mol. The summed E-state index contributed by atoms with van der Waals surface area (Å²) in [5, 5.41) is 10.8. The van der Waals surface area contributed by atoms with Crippen LogP contribution in [0.3, 0.4) is 0 Å². The van der Waals surface area contributed by atoms with Crippen molar-refractivity contribution in [3.05, 3.63) is 28.6 Å². The summed E-state index contributed by atoms with van der Waals surface area (Å²) in [6.45, 7) is 11.6. The maximum Gasteiger partial charge on any atom is 0.412 e. The van der Waals surface area contributed by atoms with Gasteiger partial charge in [0, 0.05) is 19.0 Å². The summed E-state index contributed by atoms with van der Waals surface area (Å²) >= 11 is 0. The first kappa shape index (κ1) is 24.6. The van der Waals surface area contributed by atoms with Gasteiger partial charge in [-0.2, -0.15) is 0 Å². The molecule has 0 radical (unpaired) electrons. The van der Waals surface area contributed by atoms with E-state index >= 15 is 0 Å². The molecule has 2 rings (SSSR count). The number of carboxylic acid groups (broad SMARTS) is 1. The number of hydrogen-bond acceptors (Lipinski definition) is 4. The molecule has 0 saturated carbocycles. The molecule has 7 nitrogen and oxygen atoms in total. The van der Waals surface area contributed by atoms with Gasteiger partial charge in [0.2, 0.25) is 0 Å². The van der Waals surface area contributed by atoms with Crippen LogP contribution in [0.4, 0.5) is 10.6 Å². The van der Waals surface area contributed by atoms with Gasteiger partial charge in [0.15, 0.2) is 11.6 Å². The van der Waals surface area contributed by atoms with E-state index in [-0.39, 0.29) is 16.8 Å². The van der Waals surface area contributed by atoms with Gasteiger partial charge in [-0.05, 0) is 36.5 Å². The van der Waals surface area contributed by atoms with Crippen molar-refractivity contribution < 1.29 is 19.4 Å². The van der Waals surface area contributed by atoms with Crippen LogP contribution in [0.5, 0.6) is 11.5 Å². The van der Waals surface area contributed by atoms with Crippen LogP contribution in [0.2, 0.25) is 0 Å². The standard InChI is InChI=1S/C24H36N2O5/c1-7-9-13-30-17-11-12-18-19(15-17)22(27)26(16-24(3,4)5)21(25(6)23(28)29)20(18)31-14-10-8-2/h11-12,15H,7-10,13-14,16H2,1-6H3,(H,28,29). The predicted molar refractivity (Wildman–Crippen MR) is 125 cm³/mol. The minimum absolute atomic E-state index is 0.248. The highest BCUT2D eigenvalue weighted by Gasteiger charge is 2.27. The zero-order valence-corrected chi connectivity index (χ0v) is 19.7. The minimum atomic E-state index is -1.15. The highest BCUT2D eigenvalue weighted by molar-refractivity contribution is 5.97. The van der Waals surface area contributed by atoms with Crippen LogP contribution >= 0.6 is 0 Å². The number of aromatic nitrogens is 1. The Morgan fingerprint density at radius 1 is 1.06 bits per heavy atom. The second kappa shape index (κ2) is 10.6. The van der Waals surface area contributed by atoms with E-state index in [1.165, 1.54) is 11.6 Å². The fraction of sp³-hybridized carbons (Fsp3) is 0.583. The summed E-state index contributed by atoms with van der Waals surface area (Å²) in [5.41, 5.74) is -0.501. The molecule has 0 unspecified atom stereocenters. The highest BCUT2D eigenvalue weighted by Crippen LogP contribution is 2.37. The van der Waals surface area contributed by atoms with Crippen LogP contribution in [0.15, 0.2) is 23.0 Å². The third-order valence-electron chi connectivity index (χ3n) is 4.92. The fourth-order valence-electron chi connectivity index (χ4n) is 3.31. The quantitative estimate of drug-likeness (QED) is 0.500. The molecule has 0 fully saturated rings. The second-order valence-corrected chi connectivity index (χ2v) is 9.06. The molecule has 1 aromatic carbocycles. The van der Waals surface area contributed by atoms with E-state index in [1.807, 2.05) is 26.8 Å². The smallest absolute Gasteiger partial charge is 0.412 e. The number of hydrogen-bond donors (Lipinski definition) is 1. The Morgan fingerprint density at radius 3 is 2.23 bits per heavy atom. The van der Waals surface area contributed by atoms with Crippen molar-refractivity contribution in [2.45, 2.75) is 66.8 Å². The van der Waals surface area contributed by atoms with Gasteiger partial charge in [0.1, 0.15) is 5.75 Å². The lowest BCUT2D eigenvalue weighted by Crippen LogP contribution is -2.35. The molecule has 172 valence electrons. The van der Waals surface area contributed by atoms with Crippen LogP contribution in [-0.4, -0.2) is 36.0 Å². The molecular weight excluding hydrogens is 396 g/mol. The van der Waals surface area contributed by atoms with Crippen molar-refractivity contribution in [1.82, 2.24) is 4.57 Å². The van der Waals surface area contributed by atoms with Crippen molar-refractivity contribution in [2.24, 2.45) is 5.41 Å². The van der Waals surface area contributed by atoms with Gasteiger partial charge in [0.25, 0.3) is 5.56 Å². The summed E-state index contributed by atoms with van der Waals surface area (Å²) in [7, 11) is 1.44. The van der Waals surface area contributed by atoms with Gasteiger partial charge in [-0.3, -0.25) is 14.3 Å². The maximum atomic E-state index is 13.6. The Hall–Kier alpha value is -2.70. The van der Waals surface area contributed by atoms with Gasteiger partial charge in [-0.15, -0.1) is 0 Å². The molecule has 0 saturated heterocycles.